The molecule has 4 aromatic carbocycles. The van der Waals surface area contributed by atoms with Crippen LogP contribution in [0, 0.1) is 5.82 Å². The lowest BCUT2D eigenvalue weighted by Gasteiger charge is -2.27. The van der Waals surface area contributed by atoms with Crippen molar-refractivity contribution in [1.29, 1.82) is 0 Å². The van der Waals surface area contributed by atoms with Gasteiger partial charge in [0.1, 0.15) is 23.9 Å². The van der Waals surface area contributed by atoms with E-state index in [1.165, 1.54) is 24.3 Å². The number of amides is 1. The SMILES string of the molecule is COc1ccc([C@@H]2C(=CCC(=O)c3ccc(F)cc3)SC(=O)N2c2ccccc2)c(OCc2ccccc2)c1. The maximum absolute atomic E-state index is 13.4. The second kappa shape index (κ2) is 12.0. The van der Waals surface area contributed by atoms with Gasteiger partial charge in [0.15, 0.2) is 5.78 Å². The fraction of sp³-hybridized carbons (Fsp3) is 0.125. The Kier molecular flexibility index (Phi) is 8.08. The zero-order chi connectivity index (χ0) is 27.2. The Morgan fingerprint density at radius 1 is 0.949 bits per heavy atom. The van der Waals surface area contributed by atoms with E-state index >= 15 is 0 Å². The first-order valence-corrected chi connectivity index (χ1v) is 13.2. The number of carbonyl (C=O) groups excluding carboxylic acids is 2. The first kappa shape index (κ1) is 26.3. The van der Waals surface area contributed by atoms with Crippen LogP contribution in [-0.2, 0) is 6.61 Å². The van der Waals surface area contributed by atoms with Gasteiger partial charge in [0.2, 0.25) is 0 Å². The summed E-state index contributed by atoms with van der Waals surface area (Å²) < 4.78 is 25.1. The van der Waals surface area contributed by atoms with Crippen LogP contribution in [0.3, 0.4) is 0 Å². The van der Waals surface area contributed by atoms with Gasteiger partial charge in [-0.1, -0.05) is 54.6 Å². The molecule has 0 spiro atoms. The molecule has 0 unspecified atom stereocenters. The van der Waals surface area contributed by atoms with E-state index in [1.807, 2.05) is 78.9 Å². The summed E-state index contributed by atoms with van der Waals surface area (Å²) in [6.45, 7) is 0.336. The summed E-state index contributed by atoms with van der Waals surface area (Å²) in [6, 6.07) is 29.7. The summed E-state index contributed by atoms with van der Waals surface area (Å²) in [5.41, 5.74) is 2.92. The van der Waals surface area contributed by atoms with Crippen LogP contribution in [0.4, 0.5) is 14.9 Å². The molecule has 1 fully saturated rings. The number of rotatable bonds is 9. The topological polar surface area (TPSA) is 55.8 Å². The van der Waals surface area contributed by atoms with Crippen LogP contribution < -0.4 is 14.4 Å². The van der Waals surface area contributed by atoms with Crippen LogP contribution in [0.5, 0.6) is 11.5 Å². The number of hydrogen-bond acceptors (Lipinski definition) is 5. The summed E-state index contributed by atoms with van der Waals surface area (Å²) >= 11 is 1.09. The van der Waals surface area contributed by atoms with E-state index in [4.69, 9.17) is 9.47 Å². The molecule has 0 bridgehead atoms. The Morgan fingerprint density at radius 3 is 2.33 bits per heavy atom. The summed E-state index contributed by atoms with van der Waals surface area (Å²) in [6.07, 6.45) is 1.85. The first-order valence-electron chi connectivity index (χ1n) is 12.4. The number of anilines is 1. The molecule has 1 aliphatic heterocycles. The number of para-hydroxylation sites is 1. The standard InChI is InChI=1S/C32H26FNO4S/c1-37-26-16-17-27(29(20-26)38-21-22-8-4-2-5-9-22)31-30(19-18-28(35)23-12-14-24(33)15-13-23)39-32(36)34(31)25-10-6-3-7-11-25/h2-17,19-20,31H,18,21H2,1H3/t31-/m1/s1. The summed E-state index contributed by atoms with van der Waals surface area (Å²) in [5.74, 6) is 0.642. The van der Waals surface area contributed by atoms with E-state index in [0.29, 0.717) is 28.6 Å². The largest absolute Gasteiger partial charge is 0.497 e. The molecule has 7 heteroatoms. The van der Waals surface area contributed by atoms with Crippen LogP contribution in [0.2, 0.25) is 0 Å². The highest BCUT2D eigenvalue weighted by Gasteiger charge is 2.40. The minimum absolute atomic E-state index is 0.0662. The molecule has 0 aliphatic carbocycles. The third-order valence-electron chi connectivity index (χ3n) is 6.37. The zero-order valence-electron chi connectivity index (χ0n) is 21.3. The molecule has 4 aromatic rings. The molecule has 1 amide bonds. The van der Waals surface area contributed by atoms with Gasteiger partial charge in [0, 0.05) is 34.2 Å². The van der Waals surface area contributed by atoms with Crippen molar-refractivity contribution in [3.63, 3.8) is 0 Å². The molecule has 196 valence electrons. The normalized spacial score (nSPS) is 15.9. The number of methoxy groups -OCH3 is 1. The summed E-state index contributed by atoms with van der Waals surface area (Å²) in [4.78, 5) is 28.7. The van der Waals surface area contributed by atoms with Crippen LogP contribution in [0.25, 0.3) is 0 Å². The number of halogens is 1. The van der Waals surface area contributed by atoms with Gasteiger partial charge < -0.3 is 9.47 Å². The molecule has 0 aromatic heterocycles. The molecule has 5 nitrogen and oxygen atoms in total. The van der Waals surface area contributed by atoms with Crippen molar-refractivity contribution in [2.75, 3.05) is 12.0 Å². The van der Waals surface area contributed by atoms with Gasteiger partial charge in [-0.3, -0.25) is 14.5 Å². The first-order chi connectivity index (χ1) is 19.0. The van der Waals surface area contributed by atoms with E-state index in [0.717, 1.165) is 28.6 Å². The quantitative estimate of drug-likeness (QED) is 0.202. The monoisotopic (exact) mass is 539 g/mol. The Morgan fingerprint density at radius 2 is 1.64 bits per heavy atom. The third kappa shape index (κ3) is 6.04. The highest BCUT2D eigenvalue weighted by Crippen LogP contribution is 2.50. The Labute approximate surface area is 230 Å². The van der Waals surface area contributed by atoms with Crippen LogP contribution >= 0.6 is 11.8 Å². The van der Waals surface area contributed by atoms with Crippen LogP contribution in [-0.4, -0.2) is 18.1 Å². The number of Topliss-reactive ketones (excluding diaryl/α,β-unsaturated/α-hetero) is 1. The summed E-state index contributed by atoms with van der Waals surface area (Å²) in [7, 11) is 1.59. The maximum atomic E-state index is 13.4. The lowest BCUT2D eigenvalue weighted by atomic mass is 10.0. The molecular weight excluding hydrogens is 513 g/mol. The van der Waals surface area contributed by atoms with Gasteiger partial charge in [-0.25, -0.2) is 4.39 Å². The highest BCUT2D eigenvalue weighted by molar-refractivity contribution is 8.17. The van der Waals surface area contributed by atoms with Crippen LogP contribution in [0.1, 0.15) is 33.9 Å². The molecule has 5 rings (SSSR count). The molecule has 0 saturated carbocycles. The van der Waals surface area contributed by atoms with Crippen molar-refractivity contribution >= 4 is 28.5 Å². The number of nitrogens with zero attached hydrogens (tertiary/aromatic N) is 1. The second-order valence-corrected chi connectivity index (χ2v) is 9.92. The van der Waals surface area contributed by atoms with E-state index in [9.17, 15) is 14.0 Å². The summed E-state index contributed by atoms with van der Waals surface area (Å²) in [5, 5.41) is -0.156. The Hall–Kier alpha value is -4.36. The van der Waals surface area contributed by atoms with Gasteiger partial charge in [0.25, 0.3) is 5.24 Å². The fourth-order valence-electron chi connectivity index (χ4n) is 4.40. The number of carbonyl (C=O) groups is 2. The zero-order valence-corrected chi connectivity index (χ0v) is 22.1. The Bertz CT molecular complexity index is 1490. The van der Waals surface area contributed by atoms with E-state index in [1.54, 1.807) is 18.1 Å². The number of benzene rings is 4. The van der Waals surface area contributed by atoms with Gasteiger partial charge >= 0.3 is 0 Å². The maximum Gasteiger partial charge on any atom is 0.291 e. The molecule has 1 saturated heterocycles. The third-order valence-corrected chi connectivity index (χ3v) is 7.37. The smallest absolute Gasteiger partial charge is 0.291 e. The van der Waals surface area contributed by atoms with Crippen molar-refractivity contribution in [3.8, 4) is 11.5 Å². The number of thioether (sulfide) groups is 1. The molecule has 39 heavy (non-hydrogen) atoms. The van der Waals surface area contributed by atoms with Crippen molar-refractivity contribution in [2.24, 2.45) is 0 Å². The average Bonchev–Trinajstić information content (AvgIpc) is 3.31. The molecule has 1 atom stereocenters. The number of ether oxygens (including phenoxy) is 2. The molecule has 0 N–H and O–H groups in total. The number of ketones is 1. The van der Waals surface area contributed by atoms with Gasteiger partial charge in [-0.15, -0.1) is 0 Å². The van der Waals surface area contributed by atoms with E-state index in [-0.39, 0.29) is 17.4 Å². The fourth-order valence-corrected chi connectivity index (χ4v) is 5.42. The molecule has 0 radical (unpaired) electrons. The predicted octanol–water partition coefficient (Wildman–Crippen LogP) is 7.98. The minimum Gasteiger partial charge on any atom is -0.497 e. The van der Waals surface area contributed by atoms with Crippen molar-refractivity contribution < 1.29 is 23.5 Å². The van der Waals surface area contributed by atoms with Crippen molar-refractivity contribution in [2.45, 2.75) is 19.1 Å². The van der Waals surface area contributed by atoms with Gasteiger partial charge in [-0.05, 0) is 65.9 Å². The second-order valence-electron chi connectivity index (χ2n) is 8.89. The highest BCUT2D eigenvalue weighted by atomic mass is 32.2. The van der Waals surface area contributed by atoms with Gasteiger partial charge in [0.05, 0.1) is 13.2 Å². The lowest BCUT2D eigenvalue weighted by Crippen LogP contribution is -2.26. The number of allylic oxidation sites excluding steroid dienone is 1. The van der Waals surface area contributed by atoms with Gasteiger partial charge in [-0.2, -0.15) is 0 Å². The molecular formula is C32H26FNO4S. The minimum atomic E-state index is -0.511. The van der Waals surface area contributed by atoms with Crippen molar-refractivity contribution in [1.82, 2.24) is 0 Å². The lowest BCUT2D eigenvalue weighted by molar-refractivity contribution is 0.0995. The Balaban J connectivity index is 1.53. The number of hydrogen-bond donors (Lipinski definition) is 0. The van der Waals surface area contributed by atoms with E-state index < -0.39 is 11.9 Å². The van der Waals surface area contributed by atoms with E-state index in [2.05, 4.69) is 0 Å². The molecule has 1 aliphatic rings. The molecule has 1 heterocycles. The average molecular weight is 540 g/mol. The predicted molar refractivity (Wildman–Crippen MR) is 152 cm³/mol. The van der Waals surface area contributed by atoms with Crippen LogP contribution in [0.15, 0.2) is 114 Å². The van der Waals surface area contributed by atoms with Crippen molar-refractivity contribution in [3.05, 3.63) is 137 Å².